The molecule has 27 heavy (non-hydrogen) atoms. The molecule has 1 unspecified atom stereocenters. The number of anilines is 1. The zero-order chi connectivity index (χ0) is 19.4. The lowest BCUT2D eigenvalue weighted by molar-refractivity contribution is -0.116. The summed E-state index contributed by atoms with van der Waals surface area (Å²) >= 11 is 1.76. The largest absolute Gasteiger partial charge is 0.324 e. The van der Waals surface area contributed by atoms with Gasteiger partial charge in [0.25, 0.3) is 0 Å². The van der Waals surface area contributed by atoms with Gasteiger partial charge in [-0.05, 0) is 51.9 Å². The molecule has 0 bridgehead atoms. The first-order valence-corrected chi connectivity index (χ1v) is 8.97. The molecule has 1 amide bonds. The van der Waals surface area contributed by atoms with E-state index in [1.165, 1.54) is 42.7 Å². The zero-order valence-electron chi connectivity index (χ0n) is 13.8. The Morgan fingerprint density at radius 2 is 1.70 bits per heavy atom. The Bertz CT molecular complexity index is 967. The molecule has 8 heteroatoms. The molecule has 0 aliphatic rings. The second-order valence-electron chi connectivity index (χ2n) is 5.74. The third-order valence-electron chi connectivity index (χ3n) is 3.95. The van der Waals surface area contributed by atoms with Gasteiger partial charge in [0.2, 0.25) is 5.91 Å². The highest BCUT2D eigenvalue weighted by molar-refractivity contribution is 14.1. The fourth-order valence-electron chi connectivity index (χ4n) is 2.66. The predicted molar refractivity (Wildman–Crippen MR) is 103 cm³/mol. The number of nitrogens with one attached hydrogen (secondary N) is 1. The van der Waals surface area contributed by atoms with Crippen LogP contribution in [0.5, 0.6) is 0 Å². The van der Waals surface area contributed by atoms with Crippen LogP contribution >= 0.6 is 22.6 Å². The lowest BCUT2D eigenvalue weighted by Crippen LogP contribution is -2.18. The lowest BCUT2D eigenvalue weighted by Gasteiger charge is -2.18. The molecule has 0 saturated heterocycles. The molecule has 1 aromatic carbocycles. The number of carbonyl (C=O) groups excluding carboxylic acids is 1. The van der Waals surface area contributed by atoms with E-state index < -0.39 is 29.3 Å². The third kappa shape index (κ3) is 4.62. The summed E-state index contributed by atoms with van der Waals surface area (Å²) in [6.45, 7) is 0. The van der Waals surface area contributed by atoms with Gasteiger partial charge in [-0.3, -0.25) is 14.8 Å². The average molecular weight is 483 g/mol. The minimum absolute atomic E-state index is 0.126. The number of halogens is 4. The number of carbonyl (C=O) groups is 1. The molecule has 0 aliphatic carbocycles. The molecule has 2 heterocycles. The van der Waals surface area contributed by atoms with Crippen molar-refractivity contribution in [2.75, 3.05) is 5.32 Å². The van der Waals surface area contributed by atoms with E-state index in [1.54, 1.807) is 22.6 Å². The van der Waals surface area contributed by atoms with Gasteiger partial charge in [-0.1, -0.05) is 12.1 Å². The van der Waals surface area contributed by atoms with E-state index in [1.807, 2.05) is 0 Å². The van der Waals surface area contributed by atoms with Crippen LogP contribution in [-0.2, 0) is 4.79 Å². The fourth-order valence-corrected chi connectivity index (χ4v) is 3.08. The predicted octanol–water partition coefficient (Wildman–Crippen LogP) is 4.66. The van der Waals surface area contributed by atoms with Crippen LogP contribution in [0.2, 0.25) is 0 Å². The van der Waals surface area contributed by atoms with Crippen molar-refractivity contribution < 1.29 is 18.0 Å². The van der Waals surface area contributed by atoms with Crippen molar-refractivity contribution in [3.05, 3.63) is 87.3 Å². The SMILES string of the molecule is O=C(CC(c1ccc(F)cc1)c1ccncc1F)Nc1cncc(F)c1I. The van der Waals surface area contributed by atoms with E-state index >= 15 is 0 Å². The van der Waals surface area contributed by atoms with Crippen molar-refractivity contribution >= 4 is 34.2 Å². The molecule has 3 aromatic rings. The van der Waals surface area contributed by atoms with Crippen LogP contribution in [0.25, 0.3) is 0 Å². The second-order valence-corrected chi connectivity index (χ2v) is 6.82. The monoisotopic (exact) mass is 483 g/mol. The van der Waals surface area contributed by atoms with E-state index in [0.29, 0.717) is 5.56 Å². The van der Waals surface area contributed by atoms with Gasteiger partial charge in [0, 0.05) is 18.5 Å². The molecule has 2 aromatic heterocycles. The number of rotatable bonds is 5. The van der Waals surface area contributed by atoms with E-state index in [-0.39, 0.29) is 21.2 Å². The molecule has 0 saturated carbocycles. The first-order chi connectivity index (χ1) is 13.0. The highest BCUT2D eigenvalue weighted by Crippen LogP contribution is 2.30. The normalized spacial score (nSPS) is 11.9. The van der Waals surface area contributed by atoms with Crippen molar-refractivity contribution in [2.45, 2.75) is 12.3 Å². The van der Waals surface area contributed by atoms with Gasteiger partial charge in [0.15, 0.2) is 5.82 Å². The van der Waals surface area contributed by atoms with Crippen molar-refractivity contribution in [1.82, 2.24) is 9.97 Å². The number of benzene rings is 1. The second kappa shape index (κ2) is 8.47. The van der Waals surface area contributed by atoms with Crippen LogP contribution in [0.1, 0.15) is 23.5 Å². The number of nitrogens with zero attached hydrogens (tertiary/aromatic N) is 2. The van der Waals surface area contributed by atoms with Gasteiger partial charge in [0.1, 0.15) is 11.6 Å². The molecular weight excluding hydrogens is 470 g/mol. The molecular formula is C19H13F3IN3O. The van der Waals surface area contributed by atoms with E-state index in [9.17, 15) is 18.0 Å². The summed E-state index contributed by atoms with van der Waals surface area (Å²) in [6.07, 6.45) is 4.74. The molecule has 0 fully saturated rings. The molecule has 1 atom stereocenters. The summed E-state index contributed by atoms with van der Waals surface area (Å²) in [5.41, 5.74) is 1.07. The Balaban J connectivity index is 1.89. The van der Waals surface area contributed by atoms with Gasteiger partial charge in [0.05, 0.1) is 27.8 Å². The van der Waals surface area contributed by atoms with Crippen LogP contribution in [0.15, 0.2) is 55.1 Å². The molecule has 0 radical (unpaired) electrons. The molecule has 138 valence electrons. The van der Waals surface area contributed by atoms with Crippen molar-refractivity contribution in [1.29, 1.82) is 0 Å². The van der Waals surface area contributed by atoms with Crippen LogP contribution < -0.4 is 5.32 Å². The lowest BCUT2D eigenvalue weighted by atomic mass is 9.88. The van der Waals surface area contributed by atoms with E-state index in [2.05, 4.69) is 15.3 Å². The zero-order valence-corrected chi connectivity index (χ0v) is 16.0. The van der Waals surface area contributed by atoms with Crippen LogP contribution in [0, 0.1) is 21.0 Å². The summed E-state index contributed by atoms with van der Waals surface area (Å²) in [7, 11) is 0. The highest BCUT2D eigenvalue weighted by atomic mass is 127. The van der Waals surface area contributed by atoms with Gasteiger partial charge >= 0.3 is 0 Å². The van der Waals surface area contributed by atoms with Crippen molar-refractivity contribution in [3.63, 3.8) is 0 Å². The van der Waals surface area contributed by atoms with Gasteiger partial charge in [-0.2, -0.15) is 0 Å². The number of amides is 1. The van der Waals surface area contributed by atoms with Crippen LogP contribution in [0.4, 0.5) is 18.9 Å². The quantitative estimate of drug-likeness (QED) is 0.538. The van der Waals surface area contributed by atoms with Gasteiger partial charge < -0.3 is 5.32 Å². The molecule has 3 rings (SSSR count). The summed E-state index contributed by atoms with van der Waals surface area (Å²) in [5, 5.41) is 2.59. The summed E-state index contributed by atoms with van der Waals surface area (Å²) in [5.74, 6) is -2.67. The average Bonchev–Trinajstić information content (AvgIpc) is 2.65. The maximum absolute atomic E-state index is 14.3. The van der Waals surface area contributed by atoms with Crippen molar-refractivity contribution in [2.24, 2.45) is 0 Å². The van der Waals surface area contributed by atoms with Crippen LogP contribution in [0.3, 0.4) is 0 Å². The summed E-state index contributed by atoms with van der Waals surface area (Å²) in [4.78, 5) is 20.0. The van der Waals surface area contributed by atoms with Crippen LogP contribution in [-0.4, -0.2) is 15.9 Å². The maximum Gasteiger partial charge on any atom is 0.225 e. The number of pyridine rings is 2. The topological polar surface area (TPSA) is 54.9 Å². The third-order valence-corrected chi connectivity index (χ3v) is 5.05. The molecule has 4 nitrogen and oxygen atoms in total. The van der Waals surface area contributed by atoms with Gasteiger partial charge in [-0.15, -0.1) is 0 Å². The van der Waals surface area contributed by atoms with Gasteiger partial charge in [-0.25, -0.2) is 13.2 Å². The Morgan fingerprint density at radius 1 is 1.00 bits per heavy atom. The standard InChI is InChI=1S/C19H13F3IN3O/c20-12-3-1-11(2-4-12)14(13-5-6-24-8-15(13)21)7-18(27)26-17-10-25-9-16(22)19(17)23/h1-6,8-10,14H,7H2,(H,26,27). The first-order valence-electron chi connectivity index (χ1n) is 7.89. The van der Waals surface area contributed by atoms with E-state index in [4.69, 9.17) is 0 Å². The number of aromatic nitrogens is 2. The number of hydrogen-bond acceptors (Lipinski definition) is 3. The molecule has 0 aliphatic heterocycles. The summed E-state index contributed by atoms with van der Waals surface area (Å²) < 4.78 is 41.4. The minimum atomic E-state index is -0.659. The minimum Gasteiger partial charge on any atom is -0.324 e. The molecule has 1 N–H and O–H groups in total. The molecule has 0 spiro atoms. The Labute approximate surface area is 167 Å². The van der Waals surface area contributed by atoms with E-state index in [0.717, 1.165) is 12.4 Å². The number of hydrogen-bond donors (Lipinski definition) is 1. The smallest absolute Gasteiger partial charge is 0.225 e. The highest BCUT2D eigenvalue weighted by Gasteiger charge is 2.22. The Kier molecular flexibility index (Phi) is 6.04. The Hall–Kier alpha value is -2.49. The summed E-state index contributed by atoms with van der Waals surface area (Å²) in [6, 6.07) is 6.98. The van der Waals surface area contributed by atoms with Crippen molar-refractivity contribution in [3.8, 4) is 0 Å². The Morgan fingerprint density at radius 3 is 2.41 bits per heavy atom. The first kappa shape index (κ1) is 19.3. The maximum atomic E-state index is 14.3. The fraction of sp³-hybridized carbons (Fsp3) is 0.105.